The molecule has 88 valence electrons. The maximum absolute atomic E-state index is 5.62. The minimum atomic E-state index is 0.447. The number of aromatic amines is 1. The van der Waals surface area contributed by atoms with E-state index >= 15 is 0 Å². The van der Waals surface area contributed by atoms with Gasteiger partial charge in [-0.15, -0.1) is 0 Å². The lowest BCUT2D eigenvalue weighted by Crippen LogP contribution is -1.98. The fraction of sp³-hybridized carbons (Fsp3) is 0.273. The number of hydrogen-bond acceptors (Lipinski definition) is 4. The summed E-state index contributed by atoms with van der Waals surface area (Å²) in [5.74, 6) is 2.15. The van der Waals surface area contributed by atoms with Gasteiger partial charge in [0.2, 0.25) is 11.7 Å². The van der Waals surface area contributed by atoms with E-state index in [1.807, 2.05) is 24.4 Å². The van der Waals surface area contributed by atoms with Gasteiger partial charge in [0.05, 0.1) is 17.6 Å². The van der Waals surface area contributed by atoms with E-state index in [1.165, 1.54) is 0 Å². The zero-order valence-corrected chi connectivity index (χ0v) is 9.69. The van der Waals surface area contributed by atoms with E-state index in [4.69, 9.17) is 10.2 Å². The van der Waals surface area contributed by atoms with Crippen molar-refractivity contribution in [1.82, 2.24) is 19.4 Å². The molecule has 0 aliphatic heterocycles. The van der Waals surface area contributed by atoms with Crippen molar-refractivity contribution in [1.29, 1.82) is 0 Å². The van der Waals surface area contributed by atoms with Gasteiger partial charge in [-0.2, -0.15) is 0 Å². The van der Waals surface area contributed by atoms with E-state index in [2.05, 4.69) is 15.0 Å². The number of nitrogens with zero attached hydrogens (tertiary/aromatic N) is 3. The van der Waals surface area contributed by atoms with Crippen molar-refractivity contribution in [2.75, 3.05) is 0 Å². The summed E-state index contributed by atoms with van der Waals surface area (Å²) >= 11 is 0. The van der Waals surface area contributed by atoms with Crippen LogP contribution in [0.25, 0.3) is 17.4 Å². The predicted molar refractivity (Wildman–Crippen MR) is 62.4 cm³/mol. The van der Waals surface area contributed by atoms with Gasteiger partial charge in [-0.3, -0.25) is 4.40 Å². The van der Waals surface area contributed by atoms with Crippen LogP contribution in [0, 0.1) is 13.8 Å². The van der Waals surface area contributed by atoms with Crippen molar-refractivity contribution in [3.63, 3.8) is 0 Å². The molecule has 3 aromatic heterocycles. The van der Waals surface area contributed by atoms with Gasteiger partial charge in [-0.05, 0) is 13.8 Å². The summed E-state index contributed by atoms with van der Waals surface area (Å²) < 4.78 is 7.47. The summed E-state index contributed by atoms with van der Waals surface area (Å²) in [5.41, 5.74) is 8.27. The Hall–Kier alpha value is -2.08. The van der Waals surface area contributed by atoms with Crippen LogP contribution in [0.4, 0.5) is 0 Å². The SMILES string of the molecule is Cc1nc(-c2cn3c(CN)cnc3[nH]2)oc1C. The van der Waals surface area contributed by atoms with Crippen LogP contribution >= 0.6 is 0 Å². The molecule has 0 amide bonds. The van der Waals surface area contributed by atoms with Crippen molar-refractivity contribution in [3.8, 4) is 11.6 Å². The molecule has 0 aliphatic rings. The third-order valence-electron chi connectivity index (χ3n) is 2.85. The highest BCUT2D eigenvalue weighted by Gasteiger charge is 2.13. The first-order valence-electron chi connectivity index (χ1n) is 5.38. The van der Waals surface area contributed by atoms with Gasteiger partial charge in [0.1, 0.15) is 11.5 Å². The minimum Gasteiger partial charge on any atom is -0.440 e. The van der Waals surface area contributed by atoms with Crippen LogP contribution in [-0.4, -0.2) is 19.4 Å². The second-order valence-corrected chi connectivity index (χ2v) is 3.98. The number of hydrogen-bond donors (Lipinski definition) is 2. The van der Waals surface area contributed by atoms with Crippen LogP contribution in [0.3, 0.4) is 0 Å². The summed E-state index contributed by atoms with van der Waals surface area (Å²) in [7, 11) is 0. The van der Waals surface area contributed by atoms with Gasteiger partial charge in [0.25, 0.3) is 0 Å². The molecule has 0 spiro atoms. The largest absolute Gasteiger partial charge is 0.440 e. The van der Waals surface area contributed by atoms with Crippen LogP contribution < -0.4 is 5.73 Å². The fourth-order valence-electron chi connectivity index (χ4n) is 1.76. The van der Waals surface area contributed by atoms with E-state index in [0.29, 0.717) is 12.4 Å². The number of nitrogens with one attached hydrogen (secondary N) is 1. The lowest BCUT2D eigenvalue weighted by atomic mass is 10.4. The molecule has 0 bridgehead atoms. The second-order valence-electron chi connectivity index (χ2n) is 3.98. The van der Waals surface area contributed by atoms with Crippen molar-refractivity contribution in [3.05, 3.63) is 29.5 Å². The number of aromatic nitrogens is 4. The Morgan fingerprint density at radius 2 is 2.29 bits per heavy atom. The Morgan fingerprint density at radius 3 is 2.94 bits per heavy atom. The zero-order valence-electron chi connectivity index (χ0n) is 9.69. The number of oxazole rings is 1. The van der Waals surface area contributed by atoms with E-state index in [0.717, 1.165) is 28.6 Å². The molecule has 6 nitrogen and oxygen atoms in total. The van der Waals surface area contributed by atoms with Gasteiger partial charge in [0, 0.05) is 12.7 Å². The Balaban J connectivity index is 2.14. The molecule has 3 heterocycles. The van der Waals surface area contributed by atoms with Crippen molar-refractivity contribution in [2.45, 2.75) is 20.4 Å². The third kappa shape index (κ3) is 1.45. The van der Waals surface area contributed by atoms with Crippen molar-refractivity contribution >= 4 is 5.78 Å². The smallest absolute Gasteiger partial charge is 0.244 e. The molecule has 0 saturated heterocycles. The quantitative estimate of drug-likeness (QED) is 0.698. The number of imidazole rings is 2. The van der Waals surface area contributed by atoms with E-state index in [1.54, 1.807) is 6.20 Å². The zero-order chi connectivity index (χ0) is 12.0. The van der Waals surface area contributed by atoms with E-state index in [9.17, 15) is 0 Å². The average molecular weight is 231 g/mol. The molecular weight excluding hydrogens is 218 g/mol. The molecule has 0 fully saturated rings. The minimum absolute atomic E-state index is 0.447. The van der Waals surface area contributed by atoms with Crippen LogP contribution in [0.2, 0.25) is 0 Å². The second kappa shape index (κ2) is 3.46. The Bertz CT molecular complexity index is 656. The molecule has 0 aliphatic carbocycles. The summed E-state index contributed by atoms with van der Waals surface area (Å²) in [6.45, 7) is 4.26. The maximum atomic E-state index is 5.62. The fourth-order valence-corrected chi connectivity index (χ4v) is 1.76. The average Bonchev–Trinajstić information content (AvgIpc) is 2.93. The van der Waals surface area contributed by atoms with Crippen molar-refractivity contribution < 1.29 is 4.42 Å². The monoisotopic (exact) mass is 231 g/mol. The molecule has 3 aromatic rings. The van der Waals surface area contributed by atoms with Crippen LogP contribution in [0.5, 0.6) is 0 Å². The predicted octanol–water partition coefficient (Wildman–Crippen LogP) is 1.39. The number of H-pyrrole nitrogens is 1. The first-order valence-corrected chi connectivity index (χ1v) is 5.38. The summed E-state index contributed by atoms with van der Waals surface area (Å²) in [5, 5.41) is 0. The standard InChI is InChI=1S/C11H13N5O/c1-6-7(2)17-10(14-6)9-5-16-8(3-12)4-13-11(16)15-9/h4-5H,3,12H2,1-2H3,(H,13,15). The molecule has 0 radical (unpaired) electrons. The van der Waals surface area contributed by atoms with Gasteiger partial charge in [0.15, 0.2) is 0 Å². The Labute approximate surface area is 97.5 Å². The molecule has 0 aromatic carbocycles. The normalized spacial score (nSPS) is 11.5. The molecule has 3 N–H and O–H groups in total. The molecular formula is C11H13N5O. The molecule has 0 saturated carbocycles. The first-order chi connectivity index (χ1) is 8.19. The maximum Gasteiger partial charge on any atom is 0.244 e. The Kier molecular flexibility index (Phi) is 2.05. The molecule has 6 heteroatoms. The van der Waals surface area contributed by atoms with Crippen LogP contribution in [0.15, 0.2) is 16.8 Å². The lowest BCUT2D eigenvalue weighted by molar-refractivity contribution is 0.539. The van der Waals surface area contributed by atoms with Gasteiger partial charge < -0.3 is 15.1 Å². The lowest BCUT2D eigenvalue weighted by Gasteiger charge is -1.90. The summed E-state index contributed by atoms with van der Waals surface area (Å²) in [6.07, 6.45) is 3.65. The van der Waals surface area contributed by atoms with E-state index < -0.39 is 0 Å². The topological polar surface area (TPSA) is 85.1 Å². The highest BCUT2D eigenvalue weighted by molar-refractivity contribution is 5.53. The summed E-state index contributed by atoms with van der Waals surface area (Å²) in [4.78, 5) is 11.7. The van der Waals surface area contributed by atoms with Crippen LogP contribution in [-0.2, 0) is 6.54 Å². The highest BCUT2D eigenvalue weighted by Crippen LogP contribution is 2.21. The Morgan fingerprint density at radius 1 is 1.47 bits per heavy atom. The summed E-state index contributed by atoms with van der Waals surface area (Å²) in [6, 6.07) is 0. The van der Waals surface area contributed by atoms with E-state index in [-0.39, 0.29) is 0 Å². The number of rotatable bonds is 2. The van der Waals surface area contributed by atoms with Gasteiger partial charge >= 0.3 is 0 Å². The van der Waals surface area contributed by atoms with Crippen molar-refractivity contribution in [2.24, 2.45) is 5.73 Å². The number of fused-ring (bicyclic) bond motifs is 1. The molecule has 3 rings (SSSR count). The third-order valence-corrected chi connectivity index (χ3v) is 2.85. The van der Waals surface area contributed by atoms with Gasteiger partial charge in [-0.25, -0.2) is 9.97 Å². The van der Waals surface area contributed by atoms with Gasteiger partial charge in [-0.1, -0.05) is 0 Å². The van der Waals surface area contributed by atoms with Crippen LogP contribution in [0.1, 0.15) is 17.1 Å². The first kappa shape index (κ1) is 10.1. The molecule has 17 heavy (non-hydrogen) atoms. The molecule has 0 unspecified atom stereocenters. The number of nitrogens with two attached hydrogens (primary N) is 1. The number of aryl methyl sites for hydroxylation is 2. The molecule has 0 atom stereocenters. The highest BCUT2D eigenvalue weighted by atomic mass is 16.4.